The summed E-state index contributed by atoms with van der Waals surface area (Å²) >= 11 is 6.01. The van der Waals surface area contributed by atoms with Crippen LogP contribution in [0.1, 0.15) is 7.43 Å². The summed E-state index contributed by atoms with van der Waals surface area (Å²) in [5.41, 5.74) is 3.65. The predicted molar refractivity (Wildman–Crippen MR) is 183 cm³/mol. The lowest BCUT2D eigenvalue weighted by atomic mass is 10.1. The zero-order chi connectivity index (χ0) is 36.6. The van der Waals surface area contributed by atoms with Crippen LogP contribution in [0.15, 0.2) is 91.6 Å². The van der Waals surface area contributed by atoms with Crippen molar-refractivity contribution in [2.75, 3.05) is 16.0 Å². The lowest BCUT2D eigenvalue weighted by Gasteiger charge is -2.12. The highest BCUT2D eigenvalue weighted by atomic mass is 35.5. The fourth-order valence-electron chi connectivity index (χ4n) is 4.37. The van der Waals surface area contributed by atoms with E-state index in [0.29, 0.717) is 0 Å². The molecule has 268 valence electrons. The largest absolute Gasteiger partial charge is 0.505 e. The Morgan fingerprint density at radius 1 is 0.725 bits per heavy atom. The van der Waals surface area contributed by atoms with Crippen molar-refractivity contribution in [1.82, 2.24) is 15.0 Å². The van der Waals surface area contributed by atoms with Crippen molar-refractivity contribution in [3.63, 3.8) is 0 Å². The fraction of sp³-hybridized carbons (Fsp3) is 0.0370. The van der Waals surface area contributed by atoms with Gasteiger partial charge in [-0.3, -0.25) is 13.7 Å². The Morgan fingerprint density at radius 3 is 1.96 bits per heavy atom. The van der Waals surface area contributed by atoms with E-state index in [1.807, 2.05) is 0 Å². The van der Waals surface area contributed by atoms with Gasteiger partial charge in [0.2, 0.25) is 17.2 Å². The molecule has 0 fully saturated rings. The number of nitrogens with one attached hydrogen (secondary N) is 3. The molecule has 20 nitrogen and oxygen atoms in total. The first-order valence-corrected chi connectivity index (χ1v) is 17.9. The maximum absolute atomic E-state index is 12.3. The molecule has 0 aliphatic rings. The number of aromatic nitrogens is 3. The minimum absolute atomic E-state index is 0. The van der Waals surface area contributed by atoms with E-state index in [1.165, 1.54) is 36.4 Å². The summed E-state index contributed by atoms with van der Waals surface area (Å²) in [5, 5.41) is 25.5. The third-order valence-corrected chi connectivity index (χ3v) is 9.22. The van der Waals surface area contributed by atoms with Crippen molar-refractivity contribution in [2.45, 2.75) is 22.1 Å². The number of amides is 2. The van der Waals surface area contributed by atoms with Gasteiger partial charge in [0.1, 0.15) is 26.1 Å². The molecule has 5 rings (SSSR count). The Bertz CT molecular complexity index is 2570. The monoisotopic (exact) mass is 781 g/mol. The number of carbonyl (C=O) groups is 1. The SMILES string of the molecule is C.NC(=O)Nc1ccc2c(O)c(N=Nc3cc(Nc4nc(Cl)nc(Nc5ccccc5S(=O)(=O)O)n4)ccc3S(=O)(=O)O)c(S(=O)(=O)O)cc2c1. The van der Waals surface area contributed by atoms with E-state index in [2.05, 4.69) is 41.1 Å². The van der Waals surface area contributed by atoms with Crippen molar-refractivity contribution in [3.8, 4) is 5.75 Å². The Labute approximate surface area is 293 Å². The molecule has 51 heavy (non-hydrogen) atoms. The average molecular weight is 782 g/mol. The Balaban J connectivity index is 0.00000583. The first-order valence-electron chi connectivity index (χ1n) is 13.2. The molecule has 0 saturated carbocycles. The molecule has 0 radical (unpaired) electrons. The summed E-state index contributed by atoms with van der Waals surface area (Å²) in [6.45, 7) is 0. The highest BCUT2D eigenvalue weighted by Crippen LogP contribution is 2.42. The number of nitrogens with zero attached hydrogens (tertiary/aromatic N) is 5. The van der Waals surface area contributed by atoms with Crippen molar-refractivity contribution < 1.29 is 48.8 Å². The van der Waals surface area contributed by atoms with Gasteiger partial charge >= 0.3 is 6.03 Å². The van der Waals surface area contributed by atoms with Gasteiger partial charge in [0.15, 0.2) is 5.75 Å². The van der Waals surface area contributed by atoms with Crippen molar-refractivity contribution in [1.29, 1.82) is 0 Å². The minimum atomic E-state index is -5.11. The minimum Gasteiger partial charge on any atom is -0.505 e. The Morgan fingerprint density at radius 2 is 1.33 bits per heavy atom. The zero-order valence-electron chi connectivity index (χ0n) is 24.4. The topological polar surface area (TPSA) is 326 Å². The Hall–Kier alpha value is -5.56. The van der Waals surface area contributed by atoms with Gasteiger partial charge in [0.05, 0.1) is 5.69 Å². The second kappa shape index (κ2) is 14.4. The summed E-state index contributed by atoms with van der Waals surface area (Å²) in [7, 11) is -14.8. The zero-order valence-corrected chi connectivity index (χ0v) is 27.6. The standard InChI is InChI=1S/C26H20ClN9O11S3.CH4/c27-23-32-25(34-26(33-23)31-16-3-1-2-4-18(16)48(39,40)41)30-14-6-8-19(49(42,43)44)17(11-14)35-36-21-20(50(45,46)47)10-12-9-13(29-24(28)38)5-7-15(12)22(21)37;/h1-11,37H,(H3,28,29,38)(H,39,40,41)(H,42,43,44)(H,45,46,47)(H2,30,31,32,33,34);1H4. The molecule has 0 saturated heterocycles. The molecule has 0 atom stereocenters. The van der Waals surface area contributed by atoms with Crippen LogP contribution >= 0.6 is 11.6 Å². The Kier molecular flexibility index (Phi) is 10.8. The molecule has 0 aliphatic carbocycles. The van der Waals surface area contributed by atoms with Crippen LogP contribution < -0.4 is 21.7 Å². The number of halogens is 1. The van der Waals surface area contributed by atoms with Crippen LogP contribution in [0.5, 0.6) is 5.75 Å². The van der Waals surface area contributed by atoms with Gasteiger partial charge in [-0.15, -0.1) is 10.2 Å². The van der Waals surface area contributed by atoms with Gasteiger partial charge in [-0.25, -0.2) is 4.79 Å². The summed E-state index contributed by atoms with van der Waals surface area (Å²) in [6, 6.07) is 12.0. The molecule has 0 aliphatic heterocycles. The van der Waals surface area contributed by atoms with E-state index in [9.17, 15) is 48.8 Å². The van der Waals surface area contributed by atoms with Crippen LogP contribution in [-0.4, -0.2) is 65.0 Å². The smallest absolute Gasteiger partial charge is 0.316 e. The molecule has 0 unspecified atom stereocenters. The second-order valence-corrected chi connectivity index (χ2v) is 14.3. The van der Waals surface area contributed by atoms with Gasteiger partial charge < -0.3 is 26.8 Å². The van der Waals surface area contributed by atoms with Crippen molar-refractivity contribution in [2.24, 2.45) is 16.0 Å². The molecule has 4 aromatic carbocycles. The molecular formula is C27H24ClN9O11S3. The van der Waals surface area contributed by atoms with E-state index in [1.54, 1.807) is 0 Å². The number of phenolic OH excluding ortho intramolecular Hbond substituents is 1. The number of phenols is 1. The van der Waals surface area contributed by atoms with Crippen molar-refractivity contribution in [3.05, 3.63) is 72.0 Å². The fourth-order valence-corrected chi connectivity index (χ4v) is 6.44. The highest BCUT2D eigenvalue weighted by molar-refractivity contribution is 7.86. The van der Waals surface area contributed by atoms with Crippen molar-refractivity contribution >= 4 is 99.1 Å². The van der Waals surface area contributed by atoms with Crippen LogP contribution in [0.4, 0.5) is 45.1 Å². The highest BCUT2D eigenvalue weighted by Gasteiger charge is 2.24. The quantitative estimate of drug-likeness (QED) is 0.0670. The van der Waals surface area contributed by atoms with E-state index in [0.717, 1.165) is 30.3 Å². The number of para-hydroxylation sites is 1. The normalized spacial score (nSPS) is 12.0. The molecule has 24 heteroatoms. The maximum atomic E-state index is 12.3. The number of benzene rings is 4. The van der Waals surface area contributed by atoms with Crippen LogP contribution in [0.3, 0.4) is 0 Å². The molecule has 1 heterocycles. The van der Waals surface area contributed by atoms with E-state index in [-0.39, 0.29) is 47.2 Å². The van der Waals surface area contributed by atoms with E-state index < -0.39 is 73.5 Å². The molecule has 0 bridgehead atoms. The molecule has 5 aromatic rings. The number of fused-ring (bicyclic) bond motifs is 1. The molecule has 0 spiro atoms. The van der Waals surface area contributed by atoms with Crippen LogP contribution in [0, 0.1) is 0 Å². The lowest BCUT2D eigenvalue weighted by molar-refractivity contribution is 0.259. The number of urea groups is 1. The predicted octanol–water partition coefficient (Wildman–Crippen LogP) is 5.15. The number of hydrogen-bond donors (Lipinski definition) is 8. The second-order valence-electron chi connectivity index (χ2n) is 9.80. The third-order valence-electron chi connectivity index (χ3n) is 6.37. The number of hydrogen-bond acceptors (Lipinski definition) is 15. The number of primary amides is 1. The molecule has 1 aromatic heterocycles. The lowest BCUT2D eigenvalue weighted by Crippen LogP contribution is -2.19. The summed E-state index contributed by atoms with van der Waals surface area (Å²) < 4.78 is 102. The summed E-state index contributed by atoms with van der Waals surface area (Å²) in [5.74, 6) is -1.40. The first-order chi connectivity index (χ1) is 23.3. The maximum Gasteiger partial charge on any atom is 0.316 e. The van der Waals surface area contributed by atoms with Gasteiger partial charge in [0.25, 0.3) is 30.4 Å². The van der Waals surface area contributed by atoms with Gasteiger partial charge in [0, 0.05) is 16.8 Å². The third kappa shape index (κ3) is 8.97. The molecule has 9 N–H and O–H groups in total. The van der Waals surface area contributed by atoms with Crippen LogP contribution in [0.25, 0.3) is 10.8 Å². The number of azo groups is 1. The van der Waals surface area contributed by atoms with Crippen LogP contribution in [-0.2, 0) is 30.4 Å². The van der Waals surface area contributed by atoms with Gasteiger partial charge in [-0.2, -0.15) is 40.2 Å². The van der Waals surface area contributed by atoms with Crippen LogP contribution in [0.2, 0.25) is 5.28 Å². The number of nitrogens with two attached hydrogens (primary N) is 1. The molecular weight excluding hydrogens is 758 g/mol. The van der Waals surface area contributed by atoms with Gasteiger partial charge in [-0.05, 0) is 71.6 Å². The molecule has 2 amide bonds. The van der Waals surface area contributed by atoms with E-state index >= 15 is 0 Å². The number of anilines is 5. The van der Waals surface area contributed by atoms with E-state index in [4.69, 9.17) is 17.3 Å². The number of rotatable bonds is 10. The van der Waals surface area contributed by atoms with Gasteiger partial charge in [-0.1, -0.05) is 19.6 Å². The summed E-state index contributed by atoms with van der Waals surface area (Å²) in [4.78, 5) is 20.7. The summed E-state index contributed by atoms with van der Waals surface area (Å²) in [6.07, 6.45) is 0. The number of aromatic hydroxyl groups is 1. The number of carbonyl (C=O) groups excluding carboxylic acids is 1. The first kappa shape index (κ1) is 38.2. The average Bonchev–Trinajstić information content (AvgIpc) is 2.98.